The summed E-state index contributed by atoms with van der Waals surface area (Å²) < 4.78 is 5.27. The van der Waals surface area contributed by atoms with E-state index in [2.05, 4.69) is 37.2 Å². The van der Waals surface area contributed by atoms with Crippen LogP contribution in [0.25, 0.3) is 0 Å². The van der Waals surface area contributed by atoms with Gasteiger partial charge in [0.1, 0.15) is 0 Å². The van der Waals surface area contributed by atoms with E-state index in [0.717, 1.165) is 6.42 Å². The molecule has 0 aliphatic carbocycles. The molecular weight excluding hydrogens is 224 g/mol. The van der Waals surface area contributed by atoms with E-state index < -0.39 is 0 Å². The van der Waals surface area contributed by atoms with Crippen LogP contribution >= 0.6 is 0 Å². The van der Waals surface area contributed by atoms with Gasteiger partial charge in [0.15, 0.2) is 0 Å². The molecule has 2 atom stereocenters. The third-order valence-electron chi connectivity index (χ3n) is 4.58. The standard InChI is InChI=1S/C15H26N2O/c1-4-15(2,17-9-6-5-7-10-17)14(16-3)13-8-11-18-12-13/h8,11-12,14,16H,4-7,9-10H2,1-3H3. The largest absolute Gasteiger partial charge is 0.472 e. The lowest BCUT2D eigenvalue weighted by Crippen LogP contribution is -2.55. The van der Waals surface area contributed by atoms with Crippen LogP contribution in [0, 0.1) is 0 Å². The maximum absolute atomic E-state index is 5.27. The number of hydrogen-bond donors (Lipinski definition) is 1. The number of likely N-dealkylation sites (tertiary alicyclic amines) is 1. The van der Waals surface area contributed by atoms with Crippen LogP contribution in [-0.4, -0.2) is 30.6 Å². The SMILES string of the molecule is CCC(C)(C(NC)c1ccoc1)N1CCCCC1. The summed E-state index contributed by atoms with van der Waals surface area (Å²) in [6, 6.07) is 2.42. The van der Waals surface area contributed by atoms with Gasteiger partial charge in [-0.15, -0.1) is 0 Å². The molecule has 1 aromatic heterocycles. The second-order valence-electron chi connectivity index (χ2n) is 5.54. The first-order valence-electron chi connectivity index (χ1n) is 7.16. The average molecular weight is 250 g/mol. The Hall–Kier alpha value is -0.800. The fourth-order valence-electron chi connectivity index (χ4n) is 3.29. The van der Waals surface area contributed by atoms with Crippen LogP contribution in [0.3, 0.4) is 0 Å². The molecule has 0 saturated carbocycles. The summed E-state index contributed by atoms with van der Waals surface area (Å²) in [5, 5.41) is 3.49. The molecule has 1 aliphatic heterocycles. The first kappa shape index (κ1) is 13.6. The fraction of sp³-hybridized carbons (Fsp3) is 0.733. The van der Waals surface area contributed by atoms with E-state index >= 15 is 0 Å². The molecule has 0 aromatic carbocycles. The van der Waals surface area contributed by atoms with Gasteiger partial charge in [-0.2, -0.15) is 0 Å². The molecule has 0 amide bonds. The van der Waals surface area contributed by atoms with Gasteiger partial charge in [-0.25, -0.2) is 0 Å². The molecule has 1 aliphatic rings. The highest BCUT2D eigenvalue weighted by molar-refractivity contribution is 5.18. The predicted molar refractivity (Wildman–Crippen MR) is 74.6 cm³/mol. The van der Waals surface area contributed by atoms with E-state index in [4.69, 9.17) is 4.42 Å². The third kappa shape index (κ3) is 2.47. The molecule has 18 heavy (non-hydrogen) atoms. The van der Waals surface area contributed by atoms with Crippen molar-refractivity contribution in [3.05, 3.63) is 24.2 Å². The summed E-state index contributed by atoms with van der Waals surface area (Å²) in [5.41, 5.74) is 1.42. The van der Waals surface area contributed by atoms with Crippen molar-refractivity contribution >= 4 is 0 Å². The summed E-state index contributed by atoms with van der Waals surface area (Å²) in [6.07, 6.45) is 8.83. The summed E-state index contributed by atoms with van der Waals surface area (Å²) in [7, 11) is 2.05. The van der Waals surface area contributed by atoms with E-state index in [1.165, 1.54) is 37.9 Å². The third-order valence-corrected chi connectivity index (χ3v) is 4.58. The Bertz CT molecular complexity index is 343. The summed E-state index contributed by atoms with van der Waals surface area (Å²) in [5.74, 6) is 0. The Kier molecular flexibility index (Phi) is 4.46. The van der Waals surface area contributed by atoms with Crippen molar-refractivity contribution < 1.29 is 4.42 Å². The molecule has 1 saturated heterocycles. The number of furan rings is 1. The number of hydrogen-bond acceptors (Lipinski definition) is 3. The highest BCUT2D eigenvalue weighted by atomic mass is 16.3. The molecule has 0 radical (unpaired) electrons. The van der Waals surface area contributed by atoms with E-state index in [9.17, 15) is 0 Å². The van der Waals surface area contributed by atoms with E-state index in [0.29, 0.717) is 6.04 Å². The van der Waals surface area contributed by atoms with Gasteiger partial charge in [-0.1, -0.05) is 13.3 Å². The monoisotopic (exact) mass is 250 g/mol. The van der Waals surface area contributed by atoms with Crippen molar-refractivity contribution in [2.75, 3.05) is 20.1 Å². The van der Waals surface area contributed by atoms with Crippen LogP contribution < -0.4 is 5.32 Å². The Morgan fingerprint density at radius 1 is 1.39 bits per heavy atom. The maximum Gasteiger partial charge on any atom is 0.0951 e. The summed E-state index contributed by atoms with van der Waals surface area (Å²) >= 11 is 0. The topological polar surface area (TPSA) is 28.4 Å². The van der Waals surface area contributed by atoms with Gasteiger partial charge >= 0.3 is 0 Å². The van der Waals surface area contributed by atoms with Crippen LogP contribution in [0.2, 0.25) is 0 Å². The van der Waals surface area contributed by atoms with Gasteiger partial charge in [0.05, 0.1) is 18.6 Å². The molecule has 102 valence electrons. The van der Waals surface area contributed by atoms with E-state index in [1.54, 1.807) is 6.26 Å². The zero-order valence-corrected chi connectivity index (χ0v) is 11.9. The number of nitrogens with one attached hydrogen (secondary N) is 1. The zero-order valence-electron chi connectivity index (χ0n) is 11.9. The summed E-state index contributed by atoms with van der Waals surface area (Å²) in [4.78, 5) is 2.66. The van der Waals surface area contributed by atoms with Crippen molar-refractivity contribution in [1.29, 1.82) is 0 Å². The zero-order chi connectivity index (χ0) is 13.0. The lowest BCUT2D eigenvalue weighted by Gasteiger charge is -2.47. The molecular formula is C15H26N2O. The molecule has 0 bridgehead atoms. The molecule has 1 aromatic rings. The minimum absolute atomic E-state index is 0.166. The van der Waals surface area contributed by atoms with E-state index in [-0.39, 0.29) is 5.54 Å². The molecule has 2 rings (SSSR count). The highest BCUT2D eigenvalue weighted by Gasteiger charge is 2.39. The Balaban J connectivity index is 2.23. The number of likely N-dealkylation sites (N-methyl/N-ethyl adjacent to an activating group) is 1. The molecule has 2 unspecified atom stereocenters. The Labute approximate surface area is 111 Å². The lowest BCUT2D eigenvalue weighted by molar-refractivity contribution is 0.0446. The quantitative estimate of drug-likeness (QED) is 0.870. The highest BCUT2D eigenvalue weighted by Crippen LogP contribution is 2.35. The second-order valence-corrected chi connectivity index (χ2v) is 5.54. The van der Waals surface area contributed by atoms with Crippen LogP contribution in [0.4, 0.5) is 0 Å². The van der Waals surface area contributed by atoms with Gasteiger partial charge in [-0.05, 0) is 52.4 Å². The predicted octanol–water partition coefficient (Wildman–Crippen LogP) is 3.19. The number of nitrogens with zero attached hydrogens (tertiary/aromatic N) is 1. The Morgan fingerprint density at radius 3 is 2.61 bits per heavy atom. The average Bonchev–Trinajstić information content (AvgIpc) is 2.94. The van der Waals surface area contributed by atoms with Crippen LogP contribution in [0.1, 0.15) is 51.1 Å². The van der Waals surface area contributed by atoms with Crippen LogP contribution in [-0.2, 0) is 0 Å². The molecule has 2 heterocycles. The Morgan fingerprint density at radius 2 is 2.11 bits per heavy atom. The van der Waals surface area contributed by atoms with Crippen LogP contribution in [0.15, 0.2) is 23.0 Å². The molecule has 3 nitrogen and oxygen atoms in total. The normalized spacial score (nSPS) is 22.6. The van der Waals surface area contributed by atoms with Crippen molar-refractivity contribution in [3.63, 3.8) is 0 Å². The van der Waals surface area contributed by atoms with Gasteiger partial charge in [0.25, 0.3) is 0 Å². The number of piperidine rings is 1. The first-order chi connectivity index (χ1) is 8.72. The van der Waals surface area contributed by atoms with Crippen molar-refractivity contribution in [1.82, 2.24) is 10.2 Å². The lowest BCUT2D eigenvalue weighted by atomic mass is 9.82. The van der Waals surface area contributed by atoms with E-state index in [1.807, 2.05) is 6.26 Å². The molecule has 1 N–H and O–H groups in total. The second kappa shape index (κ2) is 5.89. The van der Waals surface area contributed by atoms with Crippen molar-refractivity contribution in [3.8, 4) is 0 Å². The first-order valence-corrected chi connectivity index (χ1v) is 7.16. The van der Waals surface area contributed by atoms with Gasteiger partial charge in [-0.3, -0.25) is 4.90 Å². The van der Waals surface area contributed by atoms with Crippen molar-refractivity contribution in [2.24, 2.45) is 0 Å². The van der Waals surface area contributed by atoms with Crippen molar-refractivity contribution in [2.45, 2.75) is 51.1 Å². The minimum atomic E-state index is 0.166. The maximum atomic E-state index is 5.27. The summed E-state index contributed by atoms with van der Waals surface area (Å²) in [6.45, 7) is 7.12. The van der Waals surface area contributed by atoms with Gasteiger partial charge in [0.2, 0.25) is 0 Å². The van der Waals surface area contributed by atoms with Gasteiger partial charge in [0, 0.05) is 11.1 Å². The van der Waals surface area contributed by atoms with Gasteiger partial charge < -0.3 is 9.73 Å². The number of rotatable bonds is 5. The van der Waals surface area contributed by atoms with Crippen LogP contribution in [0.5, 0.6) is 0 Å². The minimum Gasteiger partial charge on any atom is -0.472 e. The smallest absolute Gasteiger partial charge is 0.0951 e. The molecule has 1 fully saturated rings. The fourth-order valence-corrected chi connectivity index (χ4v) is 3.29. The molecule has 0 spiro atoms. The molecule has 3 heteroatoms.